The van der Waals surface area contributed by atoms with Gasteiger partial charge in [-0.2, -0.15) is 0 Å². The number of rotatable bonds is 3. The summed E-state index contributed by atoms with van der Waals surface area (Å²) in [6.07, 6.45) is 1.81. The molecule has 10 heavy (non-hydrogen) atoms. The Balaban J connectivity index is 3.68. The molecule has 0 spiro atoms. The van der Waals surface area contributed by atoms with Crippen LogP contribution in [0.5, 0.6) is 0 Å². The van der Waals surface area contributed by atoms with E-state index in [0.717, 1.165) is 0 Å². The van der Waals surface area contributed by atoms with Gasteiger partial charge in [0, 0.05) is 22.3 Å². The van der Waals surface area contributed by atoms with Gasteiger partial charge in [0.2, 0.25) is 0 Å². The van der Waals surface area contributed by atoms with Crippen LogP contribution in [0.4, 0.5) is 0 Å². The molecular formula is C6H12O3S. The molecule has 0 amide bonds. The Bertz CT molecular complexity index is 144. The highest BCUT2D eigenvalue weighted by Gasteiger charge is 2.11. The largest absolute Gasteiger partial charge is 0.469 e. The Kier molecular flexibility index (Phi) is 4.27. The SMILES string of the molecule is COC(=O)CC(C)S(C)=O. The predicted octanol–water partition coefficient (Wildman–Crippen LogP) is 0.317. The van der Waals surface area contributed by atoms with Crippen molar-refractivity contribution < 1.29 is 13.7 Å². The minimum Gasteiger partial charge on any atom is -0.469 e. The topological polar surface area (TPSA) is 43.4 Å². The zero-order valence-electron chi connectivity index (χ0n) is 6.42. The highest BCUT2D eigenvalue weighted by molar-refractivity contribution is 7.84. The van der Waals surface area contributed by atoms with Gasteiger partial charge in [-0.05, 0) is 0 Å². The molecule has 0 fully saturated rings. The maximum absolute atomic E-state index is 10.7. The van der Waals surface area contributed by atoms with E-state index in [-0.39, 0.29) is 17.6 Å². The summed E-state index contributed by atoms with van der Waals surface area (Å²) in [7, 11) is 0.394. The maximum Gasteiger partial charge on any atom is 0.306 e. The van der Waals surface area contributed by atoms with E-state index in [9.17, 15) is 9.00 Å². The van der Waals surface area contributed by atoms with Gasteiger partial charge in [-0.25, -0.2) is 0 Å². The summed E-state index contributed by atoms with van der Waals surface area (Å²) < 4.78 is 15.1. The fourth-order valence-electron chi connectivity index (χ4n) is 0.435. The first-order valence-corrected chi connectivity index (χ1v) is 4.59. The summed E-state index contributed by atoms with van der Waals surface area (Å²) in [4.78, 5) is 10.6. The number of carbonyl (C=O) groups is 1. The molecular weight excluding hydrogens is 152 g/mol. The molecule has 0 radical (unpaired) electrons. The Labute approximate surface area is 63.2 Å². The van der Waals surface area contributed by atoms with Gasteiger partial charge in [0.15, 0.2) is 0 Å². The van der Waals surface area contributed by atoms with Crippen LogP contribution in [0.25, 0.3) is 0 Å². The van der Waals surface area contributed by atoms with Crippen molar-refractivity contribution in [1.82, 2.24) is 0 Å². The van der Waals surface area contributed by atoms with Crippen LogP contribution in [0, 0.1) is 0 Å². The number of carbonyl (C=O) groups excluding carboxylic acids is 1. The third-order valence-corrected chi connectivity index (χ3v) is 2.55. The molecule has 2 unspecified atom stereocenters. The van der Waals surface area contributed by atoms with Crippen molar-refractivity contribution in [3.63, 3.8) is 0 Å². The number of methoxy groups -OCH3 is 1. The molecule has 3 nitrogen and oxygen atoms in total. The molecule has 0 rings (SSSR count). The summed E-state index contributed by atoms with van der Waals surface area (Å²) in [6.45, 7) is 1.76. The summed E-state index contributed by atoms with van der Waals surface area (Å²) in [6, 6.07) is 0. The predicted molar refractivity (Wildman–Crippen MR) is 40.2 cm³/mol. The van der Waals surface area contributed by atoms with Crippen molar-refractivity contribution >= 4 is 16.8 Å². The number of hydrogen-bond donors (Lipinski definition) is 0. The Hall–Kier alpha value is -0.380. The van der Waals surface area contributed by atoms with Crippen LogP contribution >= 0.6 is 0 Å². The summed E-state index contributed by atoms with van der Waals surface area (Å²) in [5.41, 5.74) is 0. The lowest BCUT2D eigenvalue weighted by Gasteiger charge is -2.04. The zero-order valence-corrected chi connectivity index (χ0v) is 7.23. The van der Waals surface area contributed by atoms with Gasteiger partial charge in [-0.15, -0.1) is 0 Å². The second kappa shape index (κ2) is 4.44. The molecule has 4 heteroatoms. The highest BCUT2D eigenvalue weighted by Crippen LogP contribution is 1.99. The molecule has 0 aromatic rings. The van der Waals surface area contributed by atoms with Crippen LogP contribution in [-0.4, -0.2) is 28.8 Å². The van der Waals surface area contributed by atoms with E-state index in [2.05, 4.69) is 4.74 Å². The first-order valence-electron chi connectivity index (χ1n) is 2.97. The third kappa shape index (κ3) is 3.61. The first-order chi connectivity index (χ1) is 4.57. The minimum atomic E-state index is -0.933. The normalized spacial score (nSPS) is 15.9. The molecule has 0 bridgehead atoms. The molecule has 0 aliphatic carbocycles. The van der Waals surface area contributed by atoms with Gasteiger partial charge in [-0.1, -0.05) is 6.92 Å². The van der Waals surface area contributed by atoms with Gasteiger partial charge in [0.05, 0.1) is 13.5 Å². The van der Waals surface area contributed by atoms with Gasteiger partial charge >= 0.3 is 5.97 Å². The van der Waals surface area contributed by atoms with Crippen molar-refractivity contribution in [2.75, 3.05) is 13.4 Å². The molecule has 0 aliphatic heterocycles. The lowest BCUT2D eigenvalue weighted by atomic mass is 10.3. The Morgan fingerprint density at radius 2 is 2.20 bits per heavy atom. The second-order valence-corrected chi connectivity index (χ2v) is 3.89. The van der Waals surface area contributed by atoms with Crippen LogP contribution in [0.3, 0.4) is 0 Å². The minimum absolute atomic E-state index is 0.104. The fraction of sp³-hybridized carbons (Fsp3) is 0.833. The van der Waals surface area contributed by atoms with E-state index in [1.54, 1.807) is 13.2 Å². The van der Waals surface area contributed by atoms with Crippen molar-refractivity contribution in [3.05, 3.63) is 0 Å². The average Bonchev–Trinajstić information content (AvgIpc) is 1.87. The zero-order chi connectivity index (χ0) is 8.15. The van der Waals surface area contributed by atoms with E-state index in [1.165, 1.54) is 7.11 Å². The lowest BCUT2D eigenvalue weighted by Crippen LogP contribution is -2.15. The molecule has 0 aromatic heterocycles. The quantitative estimate of drug-likeness (QED) is 0.564. The van der Waals surface area contributed by atoms with Gasteiger partial charge in [-0.3, -0.25) is 9.00 Å². The van der Waals surface area contributed by atoms with E-state index < -0.39 is 10.8 Å². The Morgan fingerprint density at radius 1 is 1.70 bits per heavy atom. The van der Waals surface area contributed by atoms with E-state index in [0.29, 0.717) is 0 Å². The number of hydrogen-bond acceptors (Lipinski definition) is 3. The van der Waals surface area contributed by atoms with Crippen molar-refractivity contribution in [2.24, 2.45) is 0 Å². The summed E-state index contributed by atoms with van der Waals surface area (Å²) >= 11 is 0. The second-order valence-electron chi connectivity index (χ2n) is 2.09. The molecule has 0 saturated carbocycles. The number of esters is 1. The molecule has 2 atom stereocenters. The highest BCUT2D eigenvalue weighted by atomic mass is 32.2. The molecule has 60 valence electrons. The Morgan fingerprint density at radius 3 is 2.50 bits per heavy atom. The average molecular weight is 164 g/mol. The molecule has 0 N–H and O–H groups in total. The summed E-state index contributed by atoms with van der Waals surface area (Å²) in [5.74, 6) is -0.303. The monoisotopic (exact) mass is 164 g/mol. The number of ether oxygens (including phenoxy) is 1. The first kappa shape index (κ1) is 9.62. The van der Waals surface area contributed by atoms with Crippen molar-refractivity contribution in [3.8, 4) is 0 Å². The van der Waals surface area contributed by atoms with Crippen LogP contribution < -0.4 is 0 Å². The molecule has 0 aliphatic rings. The van der Waals surface area contributed by atoms with E-state index >= 15 is 0 Å². The van der Waals surface area contributed by atoms with Gasteiger partial charge < -0.3 is 4.74 Å². The smallest absolute Gasteiger partial charge is 0.306 e. The van der Waals surface area contributed by atoms with Crippen LogP contribution in [0.2, 0.25) is 0 Å². The van der Waals surface area contributed by atoms with Crippen molar-refractivity contribution in [2.45, 2.75) is 18.6 Å². The molecule has 0 saturated heterocycles. The summed E-state index contributed by atoms with van der Waals surface area (Å²) in [5, 5.41) is -0.104. The van der Waals surface area contributed by atoms with Crippen LogP contribution in [0.1, 0.15) is 13.3 Å². The van der Waals surface area contributed by atoms with Crippen LogP contribution in [0.15, 0.2) is 0 Å². The fourth-order valence-corrected chi connectivity index (χ4v) is 0.806. The van der Waals surface area contributed by atoms with Gasteiger partial charge in [0.25, 0.3) is 0 Å². The van der Waals surface area contributed by atoms with Crippen LogP contribution in [-0.2, 0) is 20.3 Å². The third-order valence-electron chi connectivity index (χ3n) is 1.25. The maximum atomic E-state index is 10.7. The lowest BCUT2D eigenvalue weighted by molar-refractivity contribution is -0.140. The molecule has 0 aromatic carbocycles. The van der Waals surface area contributed by atoms with Gasteiger partial charge in [0.1, 0.15) is 0 Å². The van der Waals surface area contributed by atoms with Crippen molar-refractivity contribution in [1.29, 1.82) is 0 Å². The standard InChI is InChI=1S/C6H12O3S/c1-5(10(3)8)4-6(7)9-2/h5H,4H2,1-3H3. The van der Waals surface area contributed by atoms with E-state index in [1.807, 2.05) is 0 Å². The molecule has 0 heterocycles. The van der Waals surface area contributed by atoms with E-state index in [4.69, 9.17) is 0 Å².